The second kappa shape index (κ2) is 9.75. The van der Waals surface area contributed by atoms with Crippen LogP contribution in [0, 0.1) is 0 Å². The molecule has 6 heteroatoms. The van der Waals surface area contributed by atoms with Gasteiger partial charge < -0.3 is 9.66 Å². The van der Waals surface area contributed by atoms with Gasteiger partial charge in [0, 0.05) is 0 Å². The van der Waals surface area contributed by atoms with Crippen molar-refractivity contribution in [2.45, 2.75) is 70.1 Å². The van der Waals surface area contributed by atoms with Crippen molar-refractivity contribution < 1.29 is 47.6 Å². The first-order chi connectivity index (χ1) is 7.37. The van der Waals surface area contributed by atoms with Crippen LogP contribution in [0.5, 0.6) is 0 Å². The molecule has 4 nitrogen and oxygen atoms in total. The minimum atomic E-state index is -4.61. The maximum Gasteiger partial charge on any atom is 1.00 e. The van der Waals surface area contributed by atoms with Crippen LogP contribution in [0.2, 0.25) is 0 Å². The van der Waals surface area contributed by atoms with Gasteiger partial charge >= 0.3 is 29.6 Å². The number of hydrogen-bond acceptors (Lipinski definition) is 4. The third kappa shape index (κ3) is 7.80. The fourth-order valence-electron chi connectivity index (χ4n) is 1.77. The zero-order valence-corrected chi connectivity index (χ0v) is 14.1. The van der Waals surface area contributed by atoms with Gasteiger partial charge in [0.2, 0.25) is 0 Å². The van der Waals surface area contributed by atoms with E-state index in [1.807, 2.05) is 0 Å². The average molecular weight is 274 g/mol. The SMILES string of the molecule is CCCCCCCC(O)(CCC)S(=O)(=O)[O-].[Na+]. The summed E-state index contributed by atoms with van der Waals surface area (Å²) in [6, 6.07) is 0. The molecule has 0 fully saturated rings. The largest absolute Gasteiger partial charge is 1.00 e. The predicted molar refractivity (Wildman–Crippen MR) is 62.9 cm³/mol. The molecule has 0 amide bonds. The summed E-state index contributed by atoms with van der Waals surface area (Å²) in [5, 5.41) is 9.80. The van der Waals surface area contributed by atoms with Gasteiger partial charge in [-0.15, -0.1) is 0 Å². The molecule has 0 aromatic rings. The van der Waals surface area contributed by atoms with Gasteiger partial charge in [0.25, 0.3) is 0 Å². The van der Waals surface area contributed by atoms with Crippen LogP contribution < -0.4 is 29.6 Å². The molecule has 0 aliphatic rings. The number of hydrogen-bond donors (Lipinski definition) is 1. The molecule has 17 heavy (non-hydrogen) atoms. The molecule has 0 aromatic carbocycles. The van der Waals surface area contributed by atoms with Gasteiger partial charge in [-0.3, -0.25) is 0 Å². The van der Waals surface area contributed by atoms with E-state index in [1.165, 1.54) is 0 Å². The van der Waals surface area contributed by atoms with Crippen LogP contribution >= 0.6 is 0 Å². The van der Waals surface area contributed by atoms with E-state index in [2.05, 4.69) is 6.92 Å². The Morgan fingerprint density at radius 1 is 1.00 bits per heavy atom. The Hall–Kier alpha value is 0.870. The van der Waals surface area contributed by atoms with E-state index in [0.29, 0.717) is 12.8 Å². The van der Waals surface area contributed by atoms with Crippen LogP contribution in [0.15, 0.2) is 0 Å². The molecule has 0 aromatic heterocycles. The Morgan fingerprint density at radius 3 is 1.94 bits per heavy atom. The van der Waals surface area contributed by atoms with Crippen molar-refractivity contribution in [3.63, 3.8) is 0 Å². The summed E-state index contributed by atoms with van der Waals surface area (Å²) in [5.74, 6) is 0. The molecule has 0 rings (SSSR count). The van der Waals surface area contributed by atoms with Crippen molar-refractivity contribution >= 4 is 10.1 Å². The summed E-state index contributed by atoms with van der Waals surface area (Å²) in [4.78, 5) is -2.05. The van der Waals surface area contributed by atoms with Gasteiger partial charge in [0.05, 0.1) is 0 Å². The molecule has 0 heterocycles. The van der Waals surface area contributed by atoms with E-state index in [-0.39, 0.29) is 42.4 Å². The van der Waals surface area contributed by atoms with E-state index in [9.17, 15) is 18.1 Å². The fraction of sp³-hybridized carbons (Fsp3) is 1.00. The van der Waals surface area contributed by atoms with Gasteiger partial charge in [-0.05, 0) is 19.3 Å². The summed E-state index contributed by atoms with van der Waals surface area (Å²) in [5.41, 5.74) is 0. The standard InChI is InChI=1S/C11H24O4S.Na/c1-3-5-6-7-8-10-11(12,9-4-2)16(13,14)15;/h12H,3-10H2,1-2H3,(H,13,14,15);/q;+1/p-1. The molecule has 0 aliphatic carbocycles. The summed E-state index contributed by atoms with van der Waals surface area (Å²) in [6.07, 6.45) is 5.30. The molecule has 1 N–H and O–H groups in total. The molecule has 1 atom stereocenters. The molecule has 98 valence electrons. The molecule has 1 unspecified atom stereocenters. The van der Waals surface area contributed by atoms with E-state index >= 15 is 0 Å². The number of unbranched alkanes of at least 4 members (excludes halogenated alkanes) is 4. The summed E-state index contributed by atoms with van der Waals surface area (Å²) in [7, 11) is -4.61. The molecule has 0 spiro atoms. The van der Waals surface area contributed by atoms with Crippen LogP contribution in [0.4, 0.5) is 0 Å². The van der Waals surface area contributed by atoms with Crippen LogP contribution in [0.25, 0.3) is 0 Å². The Bertz CT molecular complexity index is 279. The average Bonchev–Trinajstić information content (AvgIpc) is 2.16. The Kier molecular flexibility index (Phi) is 11.6. The monoisotopic (exact) mass is 274 g/mol. The zero-order chi connectivity index (χ0) is 12.7. The molecular formula is C11H23NaO4S. The second-order valence-electron chi connectivity index (χ2n) is 4.31. The normalized spacial score (nSPS) is 15.1. The third-order valence-corrected chi connectivity index (χ3v) is 4.12. The van der Waals surface area contributed by atoms with Gasteiger partial charge in [-0.25, -0.2) is 8.42 Å². The Labute approximate surface area is 127 Å². The first-order valence-corrected chi connectivity index (χ1v) is 7.46. The van der Waals surface area contributed by atoms with Crippen molar-refractivity contribution in [1.29, 1.82) is 0 Å². The minimum Gasteiger partial charge on any atom is -0.746 e. The van der Waals surface area contributed by atoms with Crippen molar-refractivity contribution in [3.8, 4) is 0 Å². The van der Waals surface area contributed by atoms with Gasteiger partial charge in [-0.2, -0.15) is 0 Å². The van der Waals surface area contributed by atoms with Crippen molar-refractivity contribution in [3.05, 3.63) is 0 Å². The number of aliphatic hydroxyl groups is 1. The van der Waals surface area contributed by atoms with Crippen LogP contribution in [0.1, 0.15) is 65.2 Å². The first-order valence-electron chi connectivity index (χ1n) is 6.05. The topological polar surface area (TPSA) is 77.4 Å². The van der Waals surface area contributed by atoms with Crippen molar-refractivity contribution in [1.82, 2.24) is 0 Å². The Balaban J connectivity index is 0. The van der Waals surface area contributed by atoms with Gasteiger partial charge in [0.1, 0.15) is 10.1 Å². The molecule has 0 saturated heterocycles. The molecule has 0 radical (unpaired) electrons. The maximum absolute atomic E-state index is 11.0. The van der Waals surface area contributed by atoms with E-state index in [4.69, 9.17) is 0 Å². The summed E-state index contributed by atoms with van der Waals surface area (Å²) < 4.78 is 32.9. The summed E-state index contributed by atoms with van der Waals surface area (Å²) in [6.45, 7) is 3.85. The summed E-state index contributed by atoms with van der Waals surface area (Å²) >= 11 is 0. The van der Waals surface area contributed by atoms with E-state index in [0.717, 1.165) is 25.7 Å². The first kappa shape index (κ1) is 20.2. The van der Waals surface area contributed by atoms with Gasteiger partial charge in [-0.1, -0.05) is 46.0 Å². The van der Waals surface area contributed by atoms with Crippen molar-refractivity contribution in [2.75, 3.05) is 0 Å². The molecular weight excluding hydrogens is 251 g/mol. The molecule has 0 aliphatic heterocycles. The van der Waals surface area contributed by atoms with Gasteiger partial charge in [0.15, 0.2) is 4.93 Å². The Morgan fingerprint density at radius 2 is 1.53 bits per heavy atom. The van der Waals surface area contributed by atoms with E-state index in [1.54, 1.807) is 6.92 Å². The second-order valence-corrected chi connectivity index (χ2v) is 5.98. The number of rotatable bonds is 9. The predicted octanol–water partition coefficient (Wildman–Crippen LogP) is -0.615. The van der Waals surface area contributed by atoms with Crippen LogP contribution in [-0.4, -0.2) is 23.0 Å². The quantitative estimate of drug-likeness (QED) is 0.345. The molecule has 0 saturated carbocycles. The third-order valence-electron chi connectivity index (χ3n) is 2.78. The fourth-order valence-corrected chi connectivity index (χ4v) is 2.62. The van der Waals surface area contributed by atoms with Crippen LogP contribution in [-0.2, 0) is 10.1 Å². The van der Waals surface area contributed by atoms with Crippen molar-refractivity contribution in [2.24, 2.45) is 0 Å². The molecule has 0 bridgehead atoms. The zero-order valence-electron chi connectivity index (χ0n) is 11.2. The van der Waals surface area contributed by atoms with E-state index < -0.39 is 15.1 Å². The smallest absolute Gasteiger partial charge is 0.746 e. The minimum absolute atomic E-state index is 0. The van der Waals surface area contributed by atoms with Crippen LogP contribution in [0.3, 0.4) is 0 Å². The maximum atomic E-state index is 11.0.